The minimum Gasteiger partial charge on any atom is -0.357 e. The molecule has 2 rings (SSSR count). The van der Waals surface area contributed by atoms with E-state index in [1.165, 1.54) is 0 Å². The Balaban J connectivity index is 1.96. The van der Waals surface area contributed by atoms with E-state index < -0.39 is 12.6 Å². The maximum absolute atomic E-state index is 12.2. The van der Waals surface area contributed by atoms with E-state index in [0.29, 0.717) is 19.0 Å². The number of rotatable bonds is 5. The van der Waals surface area contributed by atoms with E-state index in [1.54, 1.807) is 0 Å². The van der Waals surface area contributed by atoms with Crippen LogP contribution in [-0.4, -0.2) is 30.2 Å². The summed E-state index contributed by atoms with van der Waals surface area (Å²) in [6, 6.07) is 9.83. The van der Waals surface area contributed by atoms with E-state index >= 15 is 0 Å². The molecule has 0 unspecified atom stereocenters. The molecule has 4 nitrogen and oxygen atoms in total. The molecule has 0 aliphatic rings. The highest BCUT2D eigenvalue weighted by Gasteiger charge is 2.26. The van der Waals surface area contributed by atoms with E-state index in [1.807, 2.05) is 37.3 Å². The van der Waals surface area contributed by atoms with Crippen LogP contribution in [0.2, 0.25) is 0 Å². The Bertz CT molecular complexity index is 598. The van der Waals surface area contributed by atoms with E-state index in [4.69, 9.17) is 0 Å². The van der Waals surface area contributed by atoms with Gasteiger partial charge in [0.05, 0.1) is 13.0 Å². The molecule has 0 aliphatic carbocycles. The first-order valence-electron chi connectivity index (χ1n) is 7.13. The van der Waals surface area contributed by atoms with Crippen molar-refractivity contribution in [1.29, 1.82) is 0 Å². The molecule has 0 fully saturated rings. The lowest BCUT2D eigenvalue weighted by molar-refractivity contribution is -0.132. The van der Waals surface area contributed by atoms with Crippen LogP contribution in [0.25, 0.3) is 10.9 Å². The van der Waals surface area contributed by atoms with Gasteiger partial charge >= 0.3 is 6.18 Å². The first-order chi connectivity index (χ1) is 10.5. The predicted molar refractivity (Wildman–Crippen MR) is 81.8 cm³/mol. The average molecular weight is 312 g/mol. The molecule has 0 saturated carbocycles. The van der Waals surface area contributed by atoms with Crippen LogP contribution >= 0.6 is 0 Å². The van der Waals surface area contributed by atoms with Crippen molar-refractivity contribution in [3.05, 3.63) is 36.0 Å². The summed E-state index contributed by atoms with van der Waals surface area (Å²) < 4.78 is 36.5. The van der Waals surface area contributed by atoms with Gasteiger partial charge < -0.3 is 15.6 Å². The van der Waals surface area contributed by atoms with Crippen molar-refractivity contribution in [2.45, 2.75) is 26.1 Å². The van der Waals surface area contributed by atoms with Crippen LogP contribution < -0.4 is 10.6 Å². The normalized spacial score (nSPS) is 12.6. The smallest absolute Gasteiger partial charge is 0.357 e. The first kappa shape index (κ1) is 16.2. The van der Waals surface area contributed by atoms with Gasteiger partial charge in [-0.2, -0.15) is 13.2 Å². The van der Waals surface area contributed by atoms with E-state index in [-0.39, 0.29) is 6.54 Å². The SMILES string of the molecule is CCNC(=NCc1cc2ccccc2[nH]1)NCCC(F)(F)F. The van der Waals surface area contributed by atoms with Crippen molar-refractivity contribution in [2.24, 2.45) is 4.99 Å². The Kier molecular flexibility index (Phi) is 5.30. The van der Waals surface area contributed by atoms with Crippen LogP contribution in [0.3, 0.4) is 0 Å². The number of aromatic amines is 1. The molecule has 0 bridgehead atoms. The Labute approximate surface area is 126 Å². The van der Waals surface area contributed by atoms with Crippen molar-refractivity contribution >= 4 is 16.9 Å². The van der Waals surface area contributed by atoms with Gasteiger partial charge in [-0.25, -0.2) is 4.99 Å². The molecule has 7 heteroatoms. The molecule has 0 radical (unpaired) electrons. The highest BCUT2D eigenvalue weighted by atomic mass is 19.4. The number of aliphatic imine (C=N–C) groups is 1. The number of hydrogen-bond acceptors (Lipinski definition) is 1. The first-order valence-corrected chi connectivity index (χ1v) is 7.13. The second-order valence-corrected chi connectivity index (χ2v) is 4.87. The van der Waals surface area contributed by atoms with Crippen molar-refractivity contribution < 1.29 is 13.2 Å². The van der Waals surface area contributed by atoms with Crippen molar-refractivity contribution in [1.82, 2.24) is 15.6 Å². The summed E-state index contributed by atoms with van der Waals surface area (Å²) in [6.45, 7) is 2.63. The minimum atomic E-state index is -4.17. The van der Waals surface area contributed by atoms with Gasteiger partial charge in [0, 0.05) is 24.3 Å². The predicted octanol–water partition coefficient (Wildman–Crippen LogP) is 3.18. The Morgan fingerprint density at radius 1 is 1.23 bits per heavy atom. The maximum Gasteiger partial charge on any atom is 0.390 e. The number of alkyl halides is 3. The minimum absolute atomic E-state index is 0.192. The summed E-state index contributed by atoms with van der Waals surface area (Å²) in [6.07, 6.45) is -5.05. The van der Waals surface area contributed by atoms with Gasteiger partial charge in [0.25, 0.3) is 0 Å². The number of hydrogen-bond donors (Lipinski definition) is 3. The van der Waals surface area contributed by atoms with Crippen LogP contribution in [-0.2, 0) is 6.54 Å². The lowest BCUT2D eigenvalue weighted by Crippen LogP contribution is -2.38. The lowest BCUT2D eigenvalue weighted by atomic mass is 10.2. The molecule has 0 amide bonds. The van der Waals surface area contributed by atoms with Crippen molar-refractivity contribution in [2.75, 3.05) is 13.1 Å². The van der Waals surface area contributed by atoms with Crippen LogP contribution in [0.15, 0.2) is 35.3 Å². The zero-order chi connectivity index (χ0) is 16.0. The van der Waals surface area contributed by atoms with Crippen molar-refractivity contribution in [3.63, 3.8) is 0 Å². The summed E-state index contributed by atoms with van der Waals surface area (Å²) in [5, 5.41) is 6.70. The van der Waals surface area contributed by atoms with Gasteiger partial charge in [-0.3, -0.25) is 0 Å². The molecule has 2 aromatic rings. The van der Waals surface area contributed by atoms with Crippen LogP contribution in [0.5, 0.6) is 0 Å². The molecular weight excluding hydrogens is 293 g/mol. The summed E-state index contributed by atoms with van der Waals surface area (Å²) in [7, 11) is 0. The Hall–Kier alpha value is -2.18. The molecule has 0 saturated heterocycles. The van der Waals surface area contributed by atoms with Crippen LogP contribution in [0.1, 0.15) is 19.0 Å². The van der Waals surface area contributed by atoms with E-state index in [2.05, 4.69) is 20.6 Å². The van der Waals surface area contributed by atoms with Gasteiger partial charge in [-0.05, 0) is 24.4 Å². The Morgan fingerprint density at radius 3 is 2.68 bits per heavy atom. The number of halogens is 3. The summed E-state index contributed by atoms with van der Waals surface area (Å²) in [4.78, 5) is 7.53. The number of aromatic nitrogens is 1. The van der Waals surface area contributed by atoms with Crippen molar-refractivity contribution in [3.8, 4) is 0 Å². The van der Waals surface area contributed by atoms with Gasteiger partial charge in [-0.15, -0.1) is 0 Å². The second-order valence-electron chi connectivity index (χ2n) is 4.87. The highest BCUT2D eigenvalue weighted by Crippen LogP contribution is 2.18. The quantitative estimate of drug-likeness (QED) is 0.587. The molecule has 3 N–H and O–H groups in total. The number of para-hydroxylation sites is 1. The molecule has 1 aromatic heterocycles. The third kappa shape index (κ3) is 4.98. The largest absolute Gasteiger partial charge is 0.390 e. The van der Waals surface area contributed by atoms with Gasteiger partial charge in [0.1, 0.15) is 0 Å². The topological polar surface area (TPSA) is 52.2 Å². The Morgan fingerprint density at radius 2 is 2.00 bits per heavy atom. The molecule has 120 valence electrons. The number of nitrogens with one attached hydrogen (secondary N) is 3. The zero-order valence-corrected chi connectivity index (χ0v) is 12.3. The molecular formula is C15H19F3N4. The standard InChI is InChI=1S/C15H19F3N4/c1-2-19-14(20-8-7-15(16,17)18)21-10-12-9-11-5-3-4-6-13(11)22-12/h3-6,9,22H,2,7-8,10H2,1H3,(H2,19,20,21). The summed E-state index contributed by atoms with van der Waals surface area (Å²) >= 11 is 0. The molecule has 0 spiro atoms. The molecule has 1 heterocycles. The maximum atomic E-state index is 12.2. The van der Waals surface area contributed by atoms with Crippen LogP contribution in [0.4, 0.5) is 13.2 Å². The van der Waals surface area contributed by atoms with Gasteiger partial charge in [-0.1, -0.05) is 18.2 Å². The molecule has 0 aliphatic heterocycles. The number of benzene rings is 1. The van der Waals surface area contributed by atoms with Gasteiger partial charge in [0.15, 0.2) is 5.96 Å². The van der Waals surface area contributed by atoms with E-state index in [0.717, 1.165) is 16.6 Å². The fraction of sp³-hybridized carbons (Fsp3) is 0.400. The number of H-pyrrole nitrogens is 1. The molecule has 0 atom stereocenters. The van der Waals surface area contributed by atoms with Gasteiger partial charge in [0.2, 0.25) is 0 Å². The third-order valence-corrected chi connectivity index (χ3v) is 3.04. The number of nitrogens with zero attached hydrogens (tertiary/aromatic N) is 1. The van der Waals surface area contributed by atoms with E-state index in [9.17, 15) is 13.2 Å². The number of fused-ring (bicyclic) bond motifs is 1. The fourth-order valence-corrected chi connectivity index (χ4v) is 2.05. The monoisotopic (exact) mass is 312 g/mol. The highest BCUT2D eigenvalue weighted by molar-refractivity contribution is 5.81. The lowest BCUT2D eigenvalue weighted by Gasteiger charge is -2.12. The summed E-state index contributed by atoms with van der Waals surface area (Å²) in [5.41, 5.74) is 1.93. The fourth-order valence-electron chi connectivity index (χ4n) is 2.05. The zero-order valence-electron chi connectivity index (χ0n) is 12.3. The third-order valence-electron chi connectivity index (χ3n) is 3.04. The second kappa shape index (κ2) is 7.20. The molecule has 22 heavy (non-hydrogen) atoms. The summed E-state index contributed by atoms with van der Waals surface area (Å²) in [5.74, 6) is 0.380. The van der Waals surface area contributed by atoms with Crippen LogP contribution in [0, 0.1) is 0 Å². The number of guanidine groups is 1. The average Bonchev–Trinajstić information content (AvgIpc) is 2.86. The molecule has 1 aromatic carbocycles.